The van der Waals surface area contributed by atoms with E-state index in [1.54, 1.807) is 6.07 Å². The van der Waals surface area contributed by atoms with Crippen molar-refractivity contribution in [2.24, 2.45) is 5.73 Å². The summed E-state index contributed by atoms with van der Waals surface area (Å²) < 4.78 is 10.0. The molecule has 2 N–H and O–H groups in total. The third-order valence-corrected chi connectivity index (χ3v) is 2.91. The van der Waals surface area contributed by atoms with Crippen molar-refractivity contribution in [1.29, 1.82) is 0 Å². The molecule has 1 aromatic heterocycles. The van der Waals surface area contributed by atoms with Crippen LogP contribution in [0.15, 0.2) is 12.3 Å². The Morgan fingerprint density at radius 3 is 2.67 bits per heavy atom. The van der Waals surface area contributed by atoms with Gasteiger partial charge in [0.2, 0.25) is 11.7 Å². The van der Waals surface area contributed by atoms with E-state index >= 15 is 0 Å². The molecule has 0 atom stereocenters. The lowest BCUT2D eigenvalue weighted by Crippen LogP contribution is -2.44. The number of esters is 1. The number of hydrogen-bond donors (Lipinski definition) is 1. The van der Waals surface area contributed by atoms with Gasteiger partial charge in [0.25, 0.3) is 0 Å². The average molecular weight is 253 g/mol. The van der Waals surface area contributed by atoms with Gasteiger partial charge >= 0.3 is 5.97 Å². The lowest BCUT2D eigenvalue weighted by atomic mass is 9.96. The van der Waals surface area contributed by atoms with Crippen LogP contribution < -0.4 is 10.5 Å². The van der Waals surface area contributed by atoms with E-state index < -0.39 is 5.97 Å². The number of rotatable bonds is 6. The molecule has 0 saturated heterocycles. The number of methoxy groups -OCH3 is 1. The molecule has 100 valence electrons. The minimum Gasteiger partial charge on any atom is -0.476 e. The smallest absolute Gasteiger partial charge is 0.376 e. The van der Waals surface area contributed by atoms with Crippen LogP contribution in [0.3, 0.4) is 0 Å². The monoisotopic (exact) mass is 253 g/mol. The number of ether oxygens (including phenoxy) is 2. The van der Waals surface area contributed by atoms with Gasteiger partial charge in [-0.3, -0.25) is 0 Å². The SMILES string of the molecule is CCC(N)(CC)COc1ccnc(C(=O)OC)n1. The first kappa shape index (κ1) is 14.4. The summed E-state index contributed by atoms with van der Waals surface area (Å²) >= 11 is 0. The Balaban J connectivity index is 2.71. The highest BCUT2D eigenvalue weighted by Crippen LogP contribution is 2.14. The Morgan fingerprint density at radius 1 is 1.44 bits per heavy atom. The van der Waals surface area contributed by atoms with Crippen LogP contribution in [-0.2, 0) is 4.74 Å². The normalized spacial score (nSPS) is 11.1. The maximum Gasteiger partial charge on any atom is 0.376 e. The van der Waals surface area contributed by atoms with Crippen LogP contribution >= 0.6 is 0 Å². The summed E-state index contributed by atoms with van der Waals surface area (Å²) in [5, 5.41) is 0. The number of carbonyl (C=O) groups excluding carboxylic acids is 1. The van der Waals surface area contributed by atoms with Crippen molar-refractivity contribution in [3.05, 3.63) is 18.1 Å². The van der Waals surface area contributed by atoms with Gasteiger partial charge in [-0.25, -0.2) is 9.78 Å². The van der Waals surface area contributed by atoms with Crippen molar-refractivity contribution in [1.82, 2.24) is 9.97 Å². The second-order valence-electron chi connectivity index (χ2n) is 4.07. The summed E-state index contributed by atoms with van der Waals surface area (Å²) in [6.45, 7) is 4.36. The van der Waals surface area contributed by atoms with Crippen LogP contribution in [0.25, 0.3) is 0 Å². The molecule has 0 radical (unpaired) electrons. The zero-order chi connectivity index (χ0) is 13.6. The summed E-state index contributed by atoms with van der Waals surface area (Å²) in [7, 11) is 1.28. The largest absolute Gasteiger partial charge is 0.476 e. The van der Waals surface area contributed by atoms with Crippen molar-refractivity contribution in [3.8, 4) is 5.88 Å². The highest BCUT2D eigenvalue weighted by Gasteiger charge is 2.21. The summed E-state index contributed by atoms with van der Waals surface area (Å²) in [5.41, 5.74) is 5.73. The highest BCUT2D eigenvalue weighted by molar-refractivity contribution is 5.84. The Labute approximate surface area is 107 Å². The molecule has 6 nitrogen and oxygen atoms in total. The number of nitrogens with two attached hydrogens (primary N) is 1. The third kappa shape index (κ3) is 3.66. The van der Waals surface area contributed by atoms with E-state index in [4.69, 9.17) is 10.5 Å². The minimum absolute atomic E-state index is 0.0226. The first-order chi connectivity index (χ1) is 8.54. The Kier molecular flexibility index (Phi) is 5.03. The van der Waals surface area contributed by atoms with Gasteiger partial charge in [-0.15, -0.1) is 0 Å². The summed E-state index contributed by atoms with van der Waals surface area (Å²) in [6.07, 6.45) is 3.06. The first-order valence-electron chi connectivity index (χ1n) is 5.87. The van der Waals surface area contributed by atoms with Gasteiger partial charge in [0, 0.05) is 17.8 Å². The summed E-state index contributed by atoms with van der Waals surface area (Å²) in [6, 6.07) is 1.58. The molecule has 0 saturated carbocycles. The van der Waals surface area contributed by atoms with Crippen LogP contribution in [0, 0.1) is 0 Å². The topological polar surface area (TPSA) is 87.3 Å². The van der Waals surface area contributed by atoms with E-state index in [0.717, 1.165) is 12.8 Å². The lowest BCUT2D eigenvalue weighted by molar-refractivity contribution is 0.0584. The fourth-order valence-electron chi connectivity index (χ4n) is 1.28. The summed E-state index contributed by atoms with van der Waals surface area (Å²) in [5.74, 6) is -0.293. The van der Waals surface area contributed by atoms with Crippen molar-refractivity contribution in [2.45, 2.75) is 32.2 Å². The van der Waals surface area contributed by atoms with Crippen molar-refractivity contribution in [2.75, 3.05) is 13.7 Å². The maximum atomic E-state index is 11.3. The van der Waals surface area contributed by atoms with Crippen LogP contribution in [0.2, 0.25) is 0 Å². The quantitative estimate of drug-likeness (QED) is 0.765. The number of aromatic nitrogens is 2. The molecule has 0 amide bonds. The average Bonchev–Trinajstić information content (AvgIpc) is 2.44. The van der Waals surface area contributed by atoms with Crippen LogP contribution in [0.4, 0.5) is 0 Å². The maximum absolute atomic E-state index is 11.3. The van der Waals surface area contributed by atoms with E-state index in [0.29, 0.717) is 12.5 Å². The van der Waals surface area contributed by atoms with Gasteiger partial charge in [0.05, 0.1) is 7.11 Å². The van der Waals surface area contributed by atoms with Gasteiger partial charge in [-0.2, -0.15) is 4.98 Å². The van der Waals surface area contributed by atoms with Crippen LogP contribution in [0.5, 0.6) is 5.88 Å². The molecule has 0 aliphatic rings. The van der Waals surface area contributed by atoms with E-state index in [9.17, 15) is 4.79 Å². The molecular formula is C12H19N3O3. The van der Waals surface area contributed by atoms with E-state index in [2.05, 4.69) is 14.7 Å². The lowest BCUT2D eigenvalue weighted by Gasteiger charge is -2.26. The standard InChI is InChI=1S/C12H19N3O3/c1-4-12(13,5-2)8-18-9-6-7-14-10(15-9)11(16)17-3/h6-7H,4-5,8,13H2,1-3H3. The van der Waals surface area contributed by atoms with Crippen molar-refractivity contribution >= 4 is 5.97 Å². The molecule has 0 unspecified atom stereocenters. The number of hydrogen-bond acceptors (Lipinski definition) is 6. The molecule has 1 heterocycles. The highest BCUT2D eigenvalue weighted by atomic mass is 16.5. The number of nitrogens with zero attached hydrogens (tertiary/aromatic N) is 2. The predicted molar refractivity (Wildman–Crippen MR) is 66.4 cm³/mol. The molecule has 1 rings (SSSR count). The van der Waals surface area contributed by atoms with Crippen molar-refractivity contribution in [3.63, 3.8) is 0 Å². The van der Waals surface area contributed by atoms with E-state index in [1.165, 1.54) is 13.3 Å². The first-order valence-corrected chi connectivity index (χ1v) is 5.87. The molecule has 0 spiro atoms. The zero-order valence-corrected chi connectivity index (χ0v) is 11.0. The molecule has 18 heavy (non-hydrogen) atoms. The predicted octanol–water partition coefficient (Wildman–Crippen LogP) is 1.16. The molecule has 6 heteroatoms. The van der Waals surface area contributed by atoms with Gasteiger partial charge in [0.15, 0.2) is 0 Å². The molecular weight excluding hydrogens is 234 g/mol. The Hall–Kier alpha value is -1.69. The Bertz CT molecular complexity index is 405. The fraction of sp³-hybridized carbons (Fsp3) is 0.583. The molecule has 0 fully saturated rings. The number of carbonyl (C=O) groups is 1. The Morgan fingerprint density at radius 2 is 2.11 bits per heavy atom. The van der Waals surface area contributed by atoms with Crippen molar-refractivity contribution < 1.29 is 14.3 Å². The zero-order valence-electron chi connectivity index (χ0n) is 11.0. The van der Waals surface area contributed by atoms with E-state index in [1.807, 2.05) is 13.8 Å². The van der Waals surface area contributed by atoms with E-state index in [-0.39, 0.29) is 11.4 Å². The van der Waals surface area contributed by atoms with Crippen LogP contribution in [-0.4, -0.2) is 35.2 Å². The third-order valence-electron chi connectivity index (χ3n) is 2.91. The second-order valence-corrected chi connectivity index (χ2v) is 4.07. The second kappa shape index (κ2) is 6.30. The minimum atomic E-state index is -0.592. The van der Waals surface area contributed by atoms with Crippen LogP contribution in [0.1, 0.15) is 37.3 Å². The van der Waals surface area contributed by atoms with Gasteiger partial charge in [-0.05, 0) is 12.8 Å². The summed E-state index contributed by atoms with van der Waals surface area (Å²) in [4.78, 5) is 19.0. The molecule has 1 aromatic rings. The molecule has 0 aromatic carbocycles. The van der Waals surface area contributed by atoms with Gasteiger partial charge < -0.3 is 15.2 Å². The van der Waals surface area contributed by atoms with Gasteiger partial charge in [0.1, 0.15) is 6.61 Å². The molecule has 0 aliphatic heterocycles. The fourth-order valence-corrected chi connectivity index (χ4v) is 1.28. The van der Waals surface area contributed by atoms with Gasteiger partial charge in [-0.1, -0.05) is 13.8 Å². The molecule has 0 aliphatic carbocycles. The molecule has 0 bridgehead atoms.